The van der Waals surface area contributed by atoms with Crippen molar-refractivity contribution in [2.24, 2.45) is 0 Å². The molecule has 7 heteroatoms. The van der Waals surface area contributed by atoms with Gasteiger partial charge in [-0.3, -0.25) is 0 Å². The molecule has 2 aromatic heterocycles. The van der Waals surface area contributed by atoms with Crippen molar-refractivity contribution in [2.45, 2.75) is 31.3 Å². The van der Waals surface area contributed by atoms with Gasteiger partial charge in [0.2, 0.25) is 5.95 Å². The second-order valence-corrected chi connectivity index (χ2v) is 6.23. The number of hydrogen-bond acceptors (Lipinski definition) is 6. The predicted octanol–water partition coefficient (Wildman–Crippen LogP) is 2.17. The number of hydrogen-bond donors (Lipinski definition) is 0. The van der Waals surface area contributed by atoms with Crippen LogP contribution >= 0.6 is 11.6 Å². The lowest BCUT2D eigenvalue weighted by molar-refractivity contribution is 0.624. The standard InChI is InChI=1S/C15H17ClN6/c16-11-7-18-15(19-8-11)21-6-4-13(9-21)22(12-1-2-12)14-3-5-17-10-20-14/h3,5,7-8,10,12-13H,1-2,4,6,9H2. The molecule has 0 N–H and O–H groups in total. The topological polar surface area (TPSA) is 58.0 Å². The fraction of sp³-hybridized carbons (Fsp3) is 0.467. The van der Waals surface area contributed by atoms with Gasteiger partial charge in [-0.15, -0.1) is 0 Å². The highest BCUT2D eigenvalue weighted by atomic mass is 35.5. The van der Waals surface area contributed by atoms with Gasteiger partial charge in [-0.2, -0.15) is 0 Å². The highest BCUT2D eigenvalue weighted by Gasteiger charge is 2.38. The van der Waals surface area contributed by atoms with Crippen LogP contribution in [0.15, 0.2) is 31.0 Å². The second-order valence-electron chi connectivity index (χ2n) is 5.80. The van der Waals surface area contributed by atoms with Crippen LogP contribution in [0.25, 0.3) is 0 Å². The molecular formula is C15H17ClN6. The molecule has 0 amide bonds. The maximum Gasteiger partial charge on any atom is 0.225 e. The SMILES string of the molecule is Clc1cnc(N2CCC(N(c3ccncn3)C3CC3)C2)nc1. The van der Waals surface area contributed by atoms with Crippen molar-refractivity contribution >= 4 is 23.4 Å². The average Bonchev–Trinajstić information content (AvgIpc) is 3.26. The van der Waals surface area contributed by atoms with Gasteiger partial charge >= 0.3 is 0 Å². The quantitative estimate of drug-likeness (QED) is 0.861. The van der Waals surface area contributed by atoms with E-state index in [0.717, 1.165) is 31.3 Å². The van der Waals surface area contributed by atoms with E-state index in [4.69, 9.17) is 11.6 Å². The van der Waals surface area contributed by atoms with Crippen LogP contribution in [0, 0.1) is 0 Å². The Balaban J connectivity index is 1.52. The normalized spacial score (nSPS) is 21.1. The molecule has 0 radical (unpaired) electrons. The molecule has 2 aromatic rings. The maximum absolute atomic E-state index is 5.86. The highest BCUT2D eigenvalue weighted by Crippen LogP contribution is 2.35. The van der Waals surface area contributed by atoms with Gasteiger partial charge in [-0.05, 0) is 25.3 Å². The lowest BCUT2D eigenvalue weighted by atomic mass is 10.2. The van der Waals surface area contributed by atoms with Gasteiger partial charge in [0.1, 0.15) is 12.1 Å². The van der Waals surface area contributed by atoms with Gasteiger partial charge in [0.25, 0.3) is 0 Å². The largest absolute Gasteiger partial charge is 0.349 e. The molecule has 0 bridgehead atoms. The Kier molecular flexibility index (Phi) is 3.54. The Hall–Kier alpha value is -1.95. The molecule has 2 fully saturated rings. The second kappa shape index (κ2) is 5.68. The van der Waals surface area contributed by atoms with Crippen molar-refractivity contribution in [3.63, 3.8) is 0 Å². The molecule has 1 atom stereocenters. The van der Waals surface area contributed by atoms with Gasteiger partial charge in [-0.25, -0.2) is 19.9 Å². The van der Waals surface area contributed by atoms with E-state index in [0.29, 0.717) is 17.1 Å². The van der Waals surface area contributed by atoms with E-state index < -0.39 is 0 Å². The molecule has 22 heavy (non-hydrogen) atoms. The third kappa shape index (κ3) is 2.70. The number of aromatic nitrogens is 4. The molecule has 4 rings (SSSR count). The Morgan fingerprint density at radius 3 is 2.59 bits per heavy atom. The minimum absolute atomic E-state index is 0.446. The molecule has 0 spiro atoms. The minimum Gasteiger partial charge on any atom is -0.349 e. The molecule has 6 nitrogen and oxygen atoms in total. The van der Waals surface area contributed by atoms with E-state index in [2.05, 4.69) is 29.7 Å². The number of nitrogens with zero attached hydrogens (tertiary/aromatic N) is 6. The van der Waals surface area contributed by atoms with Crippen molar-refractivity contribution in [2.75, 3.05) is 22.9 Å². The molecule has 1 aliphatic carbocycles. The van der Waals surface area contributed by atoms with Crippen LogP contribution in [0.3, 0.4) is 0 Å². The first-order valence-electron chi connectivity index (χ1n) is 7.58. The summed E-state index contributed by atoms with van der Waals surface area (Å²) in [6, 6.07) is 3.06. The Bertz CT molecular complexity index is 630. The first-order chi connectivity index (χ1) is 10.8. The molecule has 1 aliphatic heterocycles. The van der Waals surface area contributed by atoms with Crippen molar-refractivity contribution in [3.8, 4) is 0 Å². The van der Waals surface area contributed by atoms with E-state index in [1.165, 1.54) is 12.8 Å². The van der Waals surface area contributed by atoms with Gasteiger partial charge in [0.05, 0.1) is 17.4 Å². The van der Waals surface area contributed by atoms with Crippen LogP contribution in [-0.2, 0) is 0 Å². The molecule has 1 saturated heterocycles. The molecular weight excluding hydrogens is 300 g/mol. The summed E-state index contributed by atoms with van der Waals surface area (Å²) in [6.45, 7) is 1.88. The minimum atomic E-state index is 0.446. The number of anilines is 2. The molecule has 0 aromatic carbocycles. The third-order valence-corrected chi connectivity index (χ3v) is 4.41. The van der Waals surface area contributed by atoms with Crippen LogP contribution in [0.5, 0.6) is 0 Å². The van der Waals surface area contributed by atoms with Gasteiger partial charge in [0.15, 0.2) is 0 Å². The number of halogens is 1. The van der Waals surface area contributed by atoms with Crippen LogP contribution in [-0.4, -0.2) is 45.1 Å². The highest BCUT2D eigenvalue weighted by molar-refractivity contribution is 6.30. The first kappa shape index (κ1) is 13.7. The van der Waals surface area contributed by atoms with E-state index in [1.54, 1.807) is 18.7 Å². The molecule has 2 aliphatic rings. The van der Waals surface area contributed by atoms with Crippen LogP contribution in [0.4, 0.5) is 11.8 Å². The summed E-state index contributed by atoms with van der Waals surface area (Å²) >= 11 is 5.86. The van der Waals surface area contributed by atoms with Crippen molar-refractivity contribution in [1.82, 2.24) is 19.9 Å². The van der Waals surface area contributed by atoms with Crippen molar-refractivity contribution < 1.29 is 0 Å². The number of rotatable bonds is 4. The van der Waals surface area contributed by atoms with Crippen molar-refractivity contribution in [1.29, 1.82) is 0 Å². The van der Waals surface area contributed by atoms with Crippen LogP contribution < -0.4 is 9.80 Å². The monoisotopic (exact) mass is 316 g/mol. The Morgan fingerprint density at radius 1 is 1.09 bits per heavy atom. The lowest BCUT2D eigenvalue weighted by Crippen LogP contribution is -2.40. The van der Waals surface area contributed by atoms with E-state index >= 15 is 0 Å². The van der Waals surface area contributed by atoms with Gasteiger partial charge < -0.3 is 9.80 Å². The third-order valence-electron chi connectivity index (χ3n) is 4.22. The summed E-state index contributed by atoms with van der Waals surface area (Å²) < 4.78 is 0. The first-order valence-corrected chi connectivity index (χ1v) is 7.96. The van der Waals surface area contributed by atoms with Crippen molar-refractivity contribution in [3.05, 3.63) is 36.0 Å². The summed E-state index contributed by atoms with van der Waals surface area (Å²) in [5.41, 5.74) is 0. The van der Waals surface area contributed by atoms with E-state index in [-0.39, 0.29) is 0 Å². The van der Waals surface area contributed by atoms with E-state index in [1.807, 2.05) is 12.3 Å². The molecule has 1 unspecified atom stereocenters. The van der Waals surface area contributed by atoms with Crippen LogP contribution in [0.1, 0.15) is 19.3 Å². The summed E-state index contributed by atoms with van der Waals surface area (Å²) in [7, 11) is 0. The maximum atomic E-state index is 5.86. The molecule has 114 valence electrons. The fourth-order valence-corrected chi connectivity index (χ4v) is 3.18. The van der Waals surface area contributed by atoms with Gasteiger partial charge in [-0.1, -0.05) is 11.6 Å². The lowest BCUT2D eigenvalue weighted by Gasteiger charge is -2.30. The predicted molar refractivity (Wildman–Crippen MR) is 85.2 cm³/mol. The zero-order valence-electron chi connectivity index (χ0n) is 12.1. The zero-order chi connectivity index (χ0) is 14.9. The molecule has 1 saturated carbocycles. The summed E-state index contributed by atoms with van der Waals surface area (Å²) in [6.07, 6.45) is 10.3. The van der Waals surface area contributed by atoms with Crippen LogP contribution in [0.2, 0.25) is 5.02 Å². The summed E-state index contributed by atoms with van der Waals surface area (Å²) in [5, 5.41) is 0.570. The Morgan fingerprint density at radius 2 is 1.91 bits per heavy atom. The summed E-state index contributed by atoms with van der Waals surface area (Å²) in [5.74, 6) is 1.78. The summed E-state index contributed by atoms with van der Waals surface area (Å²) in [4.78, 5) is 21.8. The average molecular weight is 317 g/mol. The van der Waals surface area contributed by atoms with Gasteiger partial charge in [0, 0.05) is 31.4 Å². The Labute approximate surface area is 134 Å². The fourth-order valence-electron chi connectivity index (χ4n) is 3.08. The molecule has 3 heterocycles. The zero-order valence-corrected chi connectivity index (χ0v) is 12.9. The smallest absolute Gasteiger partial charge is 0.225 e. The van der Waals surface area contributed by atoms with E-state index in [9.17, 15) is 0 Å².